The molecule has 2 aliphatic rings. The van der Waals surface area contributed by atoms with Crippen molar-refractivity contribution in [1.29, 1.82) is 0 Å². The first kappa shape index (κ1) is 23.3. The molecule has 0 N–H and O–H groups in total. The van der Waals surface area contributed by atoms with Crippen LogP contribution in [0.2, 0.25) is 0 Å². The molecule has 3 rings (SSSR count). The van der Waals surface area contributed by atoms with Gasteiger partial charge in [0.1, 0.15) is 0 Å². The smallest absolute Gasteiger partial charge is 0.399 e. The highest BCUT2D eigenvalue weighted by atomic mass is 19.4. The number of hydrogen-bond acceptors (Lipinski definition) is 1. The summed E-state index contributed by atoms with van der Waals surface area (Å²) in [7, 11) is 0. The molecule has 30 heavy (non-hydrogen) atoms. The van der Waals surface area contributed by atoms with E-state index in [1.54, 1.807) is 0 Å². The van der Waals surface area contributed by atoms with Crippen molar-refractivity contribution >= 4 is 0 Å². The molecule has 0 heterocycles. The normalized spacial score (nSPS) is 28.9. The average Bonchev–Trinajstić information content (AvgIpc) is 2.70. The number of alkyl halides is 3. The molecular formula is C24H33F5O. The van der Waals surface area contributed by atoms with Gasteiger partial charge >= 0.3 is 6.36 Å². The maximum absolute atomic E-state index is 14.1. The van der Waals surface area contributed by atoms with E-state index in [1.807, 2.05) is 0 Å². The van der Waals surface area contributed by atoms with Crippen LogP contribution in [-0.4, -0.2) is 6.36 Å². The van der Waals surface area contributed by atoms with Crippen LogP contribution in [0.1, 0.15) is 89.5 Å². The van der Waals surface area contributed by atoms with Crippen LogP contribution in [0.15, 0.2) is 12.1 Å². The molecule has 1 nitrogen and oxygen atoms in total. The Hall–Kier alpha value is -1.33. The van der Waals surface area contributed by atoms with Gasteiger partial charge in [-0.25, -0.2) is 8.78 Å². The number of ether oxygens (including phenoxy) is 1. The molecule has 2 fully saturated rings. The molecule has 1 atom stereocenters. The third-order valence-corrected chi connectivity index (χ3v) is 7.51. The molecule has 1 unspecified atom stereocenters. The predicted octanol–water partition coefficient (Wildman–Crippen LogP) is 8.38. The molecule has 0 radical (unpaired) electrons. The van der Waals surface area contributed by atoms with E-state index in [4.69, 9.17) is 0 Å². The van der Waals surface area contributed by atoms with Gasteiger partial charge in [-0.3, -0.25) is 0 Å². The van der Waals surface area contributed by atoms with Gasteiger partial charge in [0.2, 0.25) is 5.75 Å². The van der Waals surface area contributed by atoms with Crippen molar-refractivity contribution in [3.05, 3.63) is 29.3 Å². The zero-order valence-corrected chi connectivity index (χ0v) is 17.9. The molecule has 0 amide bonds. The Morgan fingerprint density at radius 3 is 1.87 bits per heavy atom. The molecule has 0 spiro atoms. The van der Waals surface area contributed by atoms with Crippen LogP contribution < -0.4 is 4.74 Å². The topological polar surface area (TPSA) is 9.23 Å². The lowest BCUT2D eigenvalue weighted by atomic mass is 9.66. The zero-order chi connectivity index (χ0) is 21.9. The van der Waals surface area contributed by atoms with Crippen molar-refractivity contribution in [2.45, 2.75) is 90.3 Å². The lowest BCUT2D eigenvalue weighted by Gasteiger charge is -2.39. The highest BCUT2D eigenvalue weighted by Gasteiger charge is 2.36. The Balaban J connectivity index is 1.54. The minimum Gasteiger partial charge on any atom is -0.399 e. The SMILES string of the molecule is CCCC(C)C1CCC(C2CCC(c3cc(F)c(OC(F)(F)F)c(F)c3)CC2)CC1. The van der Waals surface area contributed by atoms with Gasteiger partial charge in [-0.1, -0.05) is 26.7 Å². The van der Waals surface area contributed by atoms with Crippen molar-refractivity contribution in [2.24, 2.45) is 23.7 Å². The van der Waals surface area contributed by atoms with E-state index in [1.165, 1.54) is 38.5 Å². The minimum absolute atomic E-state index is 0.00824. The monoisotopic (exact) mass is 432 g/mol. The predicted molar refractivity (Wildman–Crippen MR) is 107 cm³/mol. The van der Waals surface area contributed by atoms with Gasteiger partial charge in [-0.05, 0) is 98.7 Å². The third kappa shape index (κ3) is 5.88. The molecule has 0 bridgehead atoms. The number of hydrogen-bond donors (Lipinski definition) is 0. The molecule has 2 aliphatic carbocycles. The van der Waals surface area contributed by atoms with Crippen molar-refractivity contribution in [3.8, 4) is 5.75 Å². The summed E-state index contributed by atoms with van der Waals surface area (Å²) >= 11 is 0. The van der Waals surface area contributed by atoms with Crippen LogP contribution in [0, 0.1) is 35.3 Å². The summed E-state index contributed by atoms with van der Waals surface area (Å²) in [5, 5.41) is 0. The molecule has 0 saturated heterocycles. The van der Waals surface area contributed by atoms with Crippen LogP contribution in [0.5, 0.6) is 5.75 Å². The Labute approximate surface area is 176 Å². The Morgan fingerprint density at radius 1 is 0.900 bits per heavy atom. The van der Waals surface area contributed by atoms with E-state index < -0.39 is 23.7 Å². The van der Waals surface area contributed by atoms with E-state index in [0.717, 1.165) is 55.6 Å². The first-order valence-corrected chi connectivity index (χ1v) is 11.4. The van der Waals surface area contributed by atoms with Gasteiger partial charge in [0, 0.05) is 0 Å². The first-order valence-electron chi connectivity index (χ1n) is 11.4. The molecule has 1 aromatic carbocycles. The molecule has 1 aromatic rings. The molecule has 2 saturated carbocycles. The van der Waals surface area contributed by atoms with Crippen LogP contribution in [-0.2, 0) is 0 Å². The van der Waals surface area contributed by atoms with Crippen LogP contribution >= 0.6 is 0 Å². The maximum atomic E-state index is 14.1. The quantitative estimate of drug-likeness (QED) is 0.410. The minimum atomic E-state index is -5.12. The summed E-state index contributed by atoms with van der Waals surface area (Å²) in [6, 6.07) is 2.02. The summed E-state index contributed by atoms with van der Waals surface area (Å²) < 4.78 is 68.6. The number of halogens is 5. The zero-order valence-electron chi connectivity index (χ0n) is 17.9. The van der Waals surface area contributed by atoms with Gasteiger partial charge < -0.3 is 4.74 Å². The average molecular weight is 433 g/mol. The standard InChI is InChI=1S/C24H33F5O/c1-3-4-15(2)16-5-7-17(8-6-16)18-9-11-19(12-10-18)20-13-21(25)23(22(26)14-20)30-24(27,28)29/h13-19H,3-12H2,1-2H3. The summed E-state index contributed by atoms with van der Waals surface area (Å²) in [5.41, 5.74) is 0.440. The first-order chi connectivity index (χ1) is 14.2. The fraction of sp³-hybridized carbons (Fsp3) is 0.750. The lowest BCUT2D eigenvalue weighted by Crippen LogP contribution is -2.27. The van der Waals surface area contributed by atoms with Crippen molar-refractivity contribution < 1.29 is 26.7 Å². The second kappa shape index (κ2) is 9.86. The maximum Gasteiger partial charge on any atom is 0.573 e. The van der Waals surface area contributed by atoms with E-state index in [0.29, 0.717) is 11.5 Å². The van der Waals surface area contributed by atoms with Crippen molar-refractivity contribution in [1.82, 2.24) is 0 Å². The van der Waals surface area contributed by atoms with Gasteiger partial charge in [0.15, 0.2) is 11.6 Å². The van der Waals surface area contributed by atoms with E-state index in [-0.39, 0.29) is 5.92 Å². The van der Waals surface area contributed by atoms with Crippen LogP contribution in [0.4, 0.5) is 22.0 Å². The van der Waals surface area contributed by atoms with Gasteiger partial charge in [0.25, 0.3) is 0 Å². The van der Waals surface area contributed by atoms with Gasteiger partial charge in [0.05, 0.1) is 0 Å². The highest BCUT2D eigenvalue weighted by molar-refractivity contribution is 5.33. The van der Waals surface area contributed by atoms with E-state index in [9.17, 15) is 22.0 Å². The second-order valence-electron chi connectivity index (χ2n) is 9.41. The third-order valence-electron chi connectivity index (χ3n) is 7.51. The Bertz CT molecular complexity index is 662. The van der Waals surface area contributed by atoms with E-state index in [2.05, 4.69) is 18.6 Å². The molecule has 6 heteroatoms. The lowest BCUT2D eigenvalue weighted by molar-refractivity contribution is -0.276. The fourth-order valence-electron chi connectivity index (χ4n) is 5.83. The van der Waals surface area contributed by atoms with E-state index >= 15 is 0 Å². The second-order valence-corrected chi connectivity index (χ2v) is 9.41. The Morgan fingerprint density at radius 2 is 1.40 bits per heavy atom. The Kier molecular flexibility index (Phi) is 7.67. The van der Waals surface area contributed by atoms with Crippen molar-refractivity contribution in [2.75, 3.05) is 0 Å². The fourth-order valence-corrected chi connectivity index (χ4v) is 5.83. The highest BCUT2D eigenvalue weighted by Crippen LogP contribution is 2.46. The van der Waals surface area contributed by atoms with Crippen molar-refractivity contribution in [3.63, 3.8) is 0 Å². The van der Waals surface area contributed by atoms with Crippen LogP contribution in [0.25, 0.3) is 0 Å². The largest absolute Gasteiger partial charge is 0.573 e. The molecule has 0 aromatic heterocycles. The molecular weight excluding hydrogens is 399 g/mol. The molecule has 170 valence electrons. The summed E-state index contributed by atoms with van der Waals surface area (Å²) in [6.45, 7) is 4.62. The summed E-state index contributed by atoms with van der Waals surface area (Å²) in [5.74, 6) is -0.895. The van der Waals surface area contributed by atoms with Gasteiger partial charge in [-0.15, -0.1) is 13.2 Å². The number of benzene rings is 1. The summed E-state index contributed by atoms with van der Waals surface area (Å²) in [6.07, 6.45) is 6.31. The van der Waals surface area contributed by atoms with Gasteiger partial charge in [-0.2, -0.15) is 0 Å². The number of rotatable bonds is 6. The molecule has 0 aliphatic heterocycles. The summed E-state index contributed by atoms with van der Waals surface area (Å²) in [4.78, 5) is 0. The van der Waals surface area contributed by atoms with Crippen LogP contribution in [0.3, 0.4) is 0 Å².